The van der Waals surface area contributed by atoms with Crippen LogP contribution in [-0.2, 0) is 16.8 Å². The lowest BCUT2D eigenvalue weighted by molar-refractivity contribution is 0.305. The molecule has 1 saturated carbocycles. The lowest BCUT2D eigenvalue weighted by Crippen LogP contribution is -2.38. The number of aliphatic hydroxyl groups excluding tert-OH is 1. The van der Waals surface area contributed by atoms with Crippen molar-refractivity contribution >= 4 is 21.5 Å². The maximum absolute atomic E-state index is 12.0. The van der Waals surface area contributed by atoms with Crippen LogP contribution in [0.25, 0.3) is 0 Å². The first-order valence-electron chi connectivity index (χ1n) is 6.42. The first kappa shape index (κ1) is 15.5. The maximum atomic E-state index is 12.0. The molecule has 2 rings (SSSR count). The number of rotatable bonds is 6. The molecule has 1 aromatic rings. The monoisotopic (exact) mass is 314 g/mol. The van der Waals surface area contributed by atoms with E-state index in [1.807, 2.05) is 11.4 Å². The van der Waals surface area contributed by atoms with Crippen LogP contribution in [-0.4, -0.2) is 37.5 Å². The van der Waals surface area contributed by atoms with Gasteiger partial charge in [-0.1, -0.05) is 11.8 Å². The predicted molar refractivity (Wildman–Crippen MR) is 79.4 cm³/mol. The van der Waals surface area contributed by atoms with E-state index in [2.05, 4.69) is 16.6 Å². The Hall–Kier alpha value is -0.910. The van der Waals surface area contributed by atoms with Gasteiger partial charge in [0.1, 0.15) is 0 Å². The van der Waals surface area contributed by atoms with Crippen molar-refractivity contribution in [2.75, 3.05) is 13.7 Å². The van der Waals surface area contributed by atoms with E-state index in [4.69, 9.17) is 5.11 Å². The molecule has 0 bridgehead atoms. The van der Waals surface area contributed by atoms with E-state index in [-0.39, 0.29) is 12.6 Å². The summed E-state index contributed by atoms with van der Waals surface area (Å²) in [4.78, 5) is 0.946. The van der Waals surface area contributed by atoms with E-state index in [0.29, 0.717) is 13.0 Å². The average molecular weight is 314 g/mol. The minimum atomic E-state index is -3.39. The van der Waals surface area contributed by atoms with Crippen molar-refractivity contribution in [2.24, 2.45) is 0 Å². The van der Waals surface area contributed by atoms with Gasteiger partial charge in [0, 0.05) is 41.9 Å². The van der Waals surface area contributed by atoms with Gasteiger partial charge in [-0.25, -0.2) is 0 Å². The van der Waals surface area contributed by atoms with Gasteiger partial charge in [0.2, 0.25) is 0 Å². The van der Waals surface area contributed by atoms with Crippen LogP contribution in [0, 0.1) is 11.8 Å². The number of hydrogen-bond donors (Lipinski definition) is 2. The van der Waals surface area contributed by atoms with Gasteiger partial charge < -0.3 is 5.11 Å². The molecule has 0 amide bonds. The third-order valence-electron chi connectivity index (χ3n) is 2.81. The van der Waals surface area contributed by atoms with E-state index in [9.17, 15) is 8.42 Å². The third kappa shape index (κ3) is 4.58. The van der Waals surface area contributed by atoms with Gasteiger partial charge in [0.15, 0.2) is 0 Å². The Labute approximate surface area is 123 Å². The Morgan fingerprint density at radius 1 is 1.55 bits per heavy atom. The molecule has 1 aliphatic rings. The zero-order valence-electron chi connectivity index (χ0n) is 11.3. The van der Waals surface area contributed by atoms with Crippen molar-refractivity contribution in [1.29, 1.82) is 0 Å². The summed E-state index contributed by atoms with van der Waals surface area (Å²) in [5, 5.41) is 10.6. The van der Waals surface area contributed by atoms with Gasteiger partial charge in [0.25, 0.3) is 10.2 Å². The molecular formula is C13H18N2O3S2. The first-order chi connectivity index (χ1) is 9.51. The minimum absolute atomic E-state index is 0.0534. The maximum Gasteiger partial charge on any atom is 0.279 e. The van der Waals surface area contributed by atoms with Gasteiger partial charge in [-0.15, -0.1) is 11.3 Å². The van der Waals surface area contributed by atoms with E-state index < -0.39 is 10.2 Å². The van der Waals surface area contributed by atoms with E-state index >= 15 is 0 Å². The molecule has 110 valence electrons. The second-order valence-electron chi connectivity index (χ2n) is 4.73. The molecule has 0 unspecified atom stereocenters. The topological polar surface area (TPSA) is 69.6 Å². The highest BCUT2D eigenvalue weighted by atomic mass is 32.2. The van der Waals surface area contributed by atoms with Crippen molar-refractivity contribution in [3.63, 3.8) is 0 Å². The Morgan fingerprint density at radius 3 is 2.95 bits per heavy atom. The first-order valence-corrected chi connectivity index (χ1v) is 8.74. The summed E-state index contributed by atoms with van der Waals surface area (Å²) in [7, 11) is -1.81. The van der Waals surface area contributed by atoms with E-state index in [1.54, 1.807) is 7.05 Å². The van der Waals surface area contributed by atoms with Gasteiger partial charge in [-0.3, -0.25) is 0 Å². The van der Waals surface area contributed by atoms with Crippen LogP contribution in [0.4, 0.5) is 0 Å². The molecule has 20 heavy (non-hydrogen) atoms. The molecule has 0 aromatic carbocycles. The fourth-order valence-corrected chi connectivity index (χ4v) is 3.65. The van der Waals surface area contributed by atoms with Crippen LogP contribution in [0.1, 0.15) is 29.7 Å². The summed E-state index contributed by atoms with van der Waals surface area (Å²) < 4.78 is 27.9. The second kappa shape index (κ2) is 6.70. The predicted octanol–water partition coefficient (Wildman–Crippen LogP) is 0.911. The van der Waals surface area contributed by atoms with Crippen LogP contribution in [0.5, 0.6) is 0 Å². The molecule has 2 N–H and O–H groups in total. The van der Waals surface area contributed by atoms with Crippen molar-refractivity contribution in [2.45, 2.75) is 31.8 Å². The van der Waals surface area contributed by atoms with Gasteiger partial charge >= 0.3 is 0 Å². The molecule has 1 fully saturated rings. The summed E-state index contributed by atoms with van der Waals surface area (Å²) in [5.41, 5.74) is 0.861. The van der Waals surface area contributed by atoms with Crippen LogP contribution in [0.15, 0.2) is 11.4 Å². The Bertz CT molecular complexity index is 609. The molecule has 0 atom stereocenters. The number of nitrogens with zero attached hydrogens (tertiary/aromatic N) is 1. The Balaban J connectivity index is 1.94. The summed E-state index contributed by atoms with van der Waals surface area (Å²) >= 11 is 1.49. The van der Waals surface area contributed by atoms with Crippen molar-refractivity contribution < 1.29 is 13.5 Å². The van der Waals surface area contributed by atoms with Gasteiger partial charge in [0.05, 0.1) is 6.61 Å². The SMILES string of the molecule is CN(Cc1cc(C#CCCO)cs1)S(=O)(=O)NC1CC1. The average Bonchev–Trinajstić information content (AvgIpc) is 3.07. The second-order valence-corrected chi connectivity index (χ2v) is 7.54. The highest BCUT2D eigenvalue weighted by molar-refractivity contribution is 7.87. The fourth-order valence-electron chi connectivity index (χ4n) is 1.56. The number of aliphatic hydroxyl groups is 1. The Morgan fingerprint density at radius 2 is 2.30 bits per heavy atom. The van der Waals surface area contributed by atoms with Gasteiger partial charge in [-0.2, -0.15) is 17.4 Å². The van der Waals surface area contributed by atoms with Crippen LogP contribution >= 0.6 is 11.3 Å². The minimum Gasteiger partial charge on any atom is -0.395 e. The fraction of sp³-hybridized carbons (Fsp3) is 0.538. The molecular weight excluding hydrogens is 296 g/mol. The van der Waals surface area contributed by atoms with Gasteiger partial charge in [-0.05, 0) is 18.9 Å². The zero-order chi connectivity index (χ0) is 14.6. The molecule has 5 nitrogen and oxygen atoms in total. The highest BCUT2D eigenvalue weighted by Gasteiger charge is 2.29. The van der Waals surface area contributed by atoms with Crippen molar-refractivity contribution in [3.8, 4) is 11.8 Å². The molecule has 1 aromatic heterocycles. The molecule has 1 heterocycles. The number of thiophene rings is 1. The van der Waals surface area contributed by atoms with Crippen LogP contribution < -0.4 is 4.72 Å². The smallest absolute Gasteiger partial charge is 0.279 e. The number of nitrogens with one attached hydrogen (secondary N) is 1. The molecule has 7 heteroatoms. The lowest BCUT2D eigenvalue weighted by Gasteiger charge is -2.16. The van der Waals surface area contributed by atoms with Crippen LogP contribution in [0.3, 0.4) is 0 Å². The molecule has 1 aliphatic carbocycles. The van der Waals surface area contributed by atoms with E-state index in [1.165, 1.54) is 15.6 Å². The zero-order valence-corrected chi connectivity index (χ0v) is 12.9. The Kier molecular flexibility index (Phi) is 5.18. The summed E-state index contributed by atoms with van der Waals surface area (Å²) in [6.45, 7) is 0.395. The standard InChI is InChI=1S/C13H18N2O3S2/c1-15(20(17,18)14-12-5-6-12)9-13-8-11(10-19-13)4-2-3-7-16/h8,10,12,14,16H,3,5-7,9H2,1H3. The largest absolute Gasteiger partial charge is 0.395 e. The molecule has 0 saturated heterocycles. The normalized spacial score (nSPS) is 15.2. The van der Waals surface area contributed by atoms with E-state index in [0.717, 1.165) is 23.3 Å². The highest BCUT2D eigenvalue weighted by Crippen LogP contribution is 2.21. The lowest BCUT2D eigenvalue weighted by atomic mass is 10.3. The number of hydrogen-bond acceptors (Lipinski definition) is 4. The molecule has 0 aliphatic heterocycles. The van der Waals surface area contributed by atoms with Crippen molar-refractivity contribution in [1.82, 2.24) is 9.03 Å². The summed E-state index contributed by atoms with van der Waals surface area (Å²) in [6.07, 6.45) is 2.30. The summed E-state index contributed by atoms with van der Waals surface area (Å²) in [5.74, 6) is 5.78. The van der Waals surface area contributed by atoms with Crippen LogP contribution in [0.2, 0.25) is 0 Å². The quantitative estimate of drug-likeness (QED) is 0.767. The molecule has 0 radical (unpaired) electrons. The summed E-state index contributed by atoms with van der Waals surface area (Å²) in [6, 6.07) is 2.00. The van der Waals surface area contributed by atoms with Crippen molar-refractivity contribution in [3.05, 3.63) is 21.9 Å². The molecule has 0 spiro atoms. The third-order valence-corrected chi connectivity index (χ3v) is 5.31.